The van der Waals surface area contributed by atoms with Gasteiger partial charge in [0, 0.05) is 36.3 Å². The fourth-order valence-corrected chi connectivity index (χ4v) is 4.09. The zero-order valence-corrected chi connectivity index (χ0v) is 18.1. The highest BCUT2D eigenvalue weighted by Crippen LogP contribution is 2.25. The fraction of sp³-hybridized carbons (Fsp3) is 0.286. The molecule has 1 heterocycles. The van der Waals surface area contributed by atoms with Crippen LogP contribution in [0.25, 0.3) is 11.4 Å². The highest BCUT2D eigenvalue weighted by Gasteiger charge is 2.18. The number of halogens is 2. The summed E-state index contributed by atoms with van der Waals surface area (Å²) in [7, 11) is 1.63. The van der Waals surface area contributed by atoms with E-state index in [4.69, 9.17) is 11.6 Å². The predicted octanol–water partition coefficient (Wildman–Crippen LogP) is 4.82. The van der Waals surface area contributed by atoms with E-state index in [0.29, 0.717) is 22.3 Å². The summed E-state index contributed by atoms with van der Waals surface area (Å²) in [6.07, 6.45) is 0. The van der Waals surface area contributed by atoms with Crippen LogP contribution in [0, 0.1) is 12.7 Å². The molecule has 0 atom stereocenters. The Kier molecular flexibility index (Phi) is 6.92. The zero-order valence-electron chi connectivity index (χ0n) is 16.5. The number of hydrogen-bond acceptors (Lipinski definition) is 4. The first-order chi connectivity index (χ1) is 13.9. The van der Waals surface area contributed by atoms with Crippen molar-refractivity contribution in [2.24, 2.45) is 0 Å². The standard InChI is InChI=1S/C21H22ClFN4OS/c1-4-27-20(15-8-5-7-14(2)11-15)24-25-21(27)29-13-19(28)26(3)12-16-17(22)9-6-10-18(16)23/h5-11H,4,12-13H2,1-3H3. The molecule has 0 aliphatic carbocycles. The second-order valence-electron chi connectivity index (χ2n) is 6.66. The maximum absolute atomic E-state index is 14.0. The molecule has 0 aliphatic rings. The topological polar surface area (TPSA) is 51.0 Å². The van der Waals surface area contributed by atoms with Crippen LogP contribution in [0.2, 0.25) is 5.02 Å². The predicted molar refractivity (Wildman–Crippen MR) is 114 cm³/mol. The van der Waals surface area contributed by atoms with Crippen LogP contribution in [0.4, 0.5) is 4.39 Å². The van der Waals surface area contributed by atoms with E-state index in [1.165, 1.54) is 22.7 Å². The average Bonchev–Trinajstić information content (AvgIpc) is 3.11. The highest BCUT2D eigenvalue weighted by atomic mass is 35.5. The summed E-state index contributed by atoms with van der Waals surface area (Å²) in [5.41, 5.74) is 2.45. The molecule has 29 heavy (non-hydrogen) atoms. The first-order valence-electron chi connectivity index (χ1n) is 9.20. The Hall–Kier alpha value is -2.38. The number of carbonyl (C=O) groups excluding carboxylic acids is 1. The number of amides is 1. The Bertz CT molecular complexity index is 1000. The molecule has 152 valence electrons. The molecule has 2 aromatic carbocycles. The molecule has 0 saturated heterocycles. The molecule has 1 aromatic heterocycles. The first-order valence-corrected chi connectivity index (χ1v) is 10.6. The third kappa shape index (κ3) is 4.97. The smallest absolute Gasteiger partial charge is 0.233 e. The van der Waals surface area contributed by atoms with Crippen molar-refractivity contribution in [3.63, 3.8) is 0 Å². The molecule has 0 bridgehead atoms. The van der Waals surface area contributed by atoms with Gasteiger partial charge in [0.15, 0.2) is 11.0 Å². The molecule has 0 saturated carbocycles. The van der Waals surface area contributed by atoms with E-state index >= 15 is 0 Å². The SMILES string of the molecule is CCn1c(SCC(=O)N(C)Cc2c(F)cccc2Cl)nnc1-c1cccc(C)c1. The Morgan fingerprint density at radius 1 is 1.24 bits per heavy atom. The Labute approximate surface area is 178 Å². The Balaban J connectivity index is 1.69. The molecule has 8 heteroatoms. The van der Waals surface area contributed by atoms with Gasteiger partial charge in [0.05, 0.1) is 5.75 Å². The summed E-state index contributed by atoms with van der Waals surface area (Å²) >= 11 is 7.38. The van der Waals surface area contributed by atoms with Crippen LogP contribution in [-0.2, 0) is 17.9 Å². The average molecular weight is 433 g/mol. The quantitative estimate of drug-likeness (QED) is 0.502. The van der Waals surface area contributed by atoms with Crippen LogP contribution in [0.5, 0.6) is 0 Å². The van der Waals surface area contributed by atoms with Crippen molar-refractivity contribution in [3.8, 4) is 11.4 Å². The van der Waals surface area contributed by atoms with Crippen LogP contribution < -0.4 is 0 Å². The van der Waals surface area contributed by atoms with Gasteiger partial charge in [-0.25, -0.2) is 4.39 Å². The lowest BCUT2D eigenvalue weighted by atomic mass is 10.1. The van der Waals surface area contributed by atoms with Crippen LogP contribution in [0.15, 0.2) is 47.6 Å². The molecular weight excluding hydrogens is 411 g/mol. The third-order valence-corrected chi connectivity index (χ3v) is 5.82. The Morgan fingerprint density at radius 2 is 2.00 bits per heavy atom. The normalized spacial score (nSPS) is 10.9. The number of aromatic nitrogens is 3. The van der Waals surface area contributed by atoms with E-state index in [0.717, 1.165) is 17.0 Å². The number of nitrogens with zero attached hydrogens (tertiary/aromatic N) is 4. The Morgan fingerprint density at radius 3 is 2.69 bits per heavy atom. The molecule has 0 spiro atoms. The maximum atomic E-state index is 14.0. The van der Waals surface area contributed by atoms with E-state index in [-0.39, 0.29) is 18.2 Å². The number of carbonyl (C=O) groups is 1. The summed E-state index contributed by atoms with van der Waals surface area (Å²) in [5, 5.41) is 9.56. The molecule has 0 unspecified atom stereocenters. The van der Waals surface area contributed by atoms with Gasteiger partial charge < -0.3 is 9.47 Å². The minimum Gasteiger partial charge on any atom is -0.341 e. The molecule has 5 nitrogen and oxygen atoms in total. The second-order valence-corrected chi connectivity index (χ2v) is 8.01. The maximum Gasteiger partial charge on any atom is 0.233 e. The van der Waals surface area contributed by atoms with Crippen molar-refractivity contribution >= 4 is 29.3 Å². The molecule has 0 radical (unpaired) electrons. The van der Waals surface area contributed by atoms with E-state index in [9.17, 15) is 9.18 Å². The number of aryl methyl sites for hydroxylation is 1. The zero-order chi connectivity index (χ0) is 21.0. The minimum atomic E-state index is -0.418. The van der Waals surface area contributed by atoms with E-state index < -0.39 is 5.82 Å². The molecule has 1 amide bonds. The van der Waals surface area contributed by atoms with E-state index in [1.54, 1.807) is 19.2 Å². The van der Waals surface area contributed by atoms with Crippen LogP contribution in [-0.4, -0.2) is 38.4 Å². The van der Waals surface area contributed by atoms with Crippen molar-refractivity contribution < 1.29 is 9.18 Å². The molecule has 0 aliphatic heterocycles. The number of rotatable bonds is 7. The molecule has 3 aromatic rings. The summed E-state index contributed by atoms with van der Waals surface area (Å²) < 4.78 is 16.0. The van der Waals surface area contributed by atoms with Gasteiger partial charge in [-0.3, -0.25) is 4.79 Å². The fourth-order valence-electron chi connectivity index (χ4n) is 2.92. The molecule has 0 fully saturated rings. The summed E-state index contributed by atoms with van der Waals surface area (Å²) in [4.78, 5) is 14.0. The van der Waals surface area contributed by atoms with Gasteiger partial charge in [0.25, 0.3) is 0 Å². The van der Waals surface area contributed by atoms with Crippen LogP contribution >= 0.6 is 23.4 Å². The van der Waals surface area contributed by atoms with Gasteiger partial charge in [0.1, 0.15) is 5.82 Å². The van der Waals surface area contributed by atoms with Gasteiger partial charge >= 0.3 is 0 Å². The molecule has 0 N–H and O–H groups in total. The largest absolute Gasteiger partial charge is 0.341 e. The monoisotopic (exact) mass is 432 g/mol. The van der Waals surface area contributed by atoms with Gasteiger partial charge in [-0.05, 0) is 32.0 Å². The van der Waals surface area contributed by atoms with Crippen LogP contribution in [0.3, 0.4) is 0 Å². The van der Waals surface area contributed by atoms with Gasteiger partial charge in [-0.1, -0.05) is 53.2 Å². The summed E-state index contributed by atoms with van der Waals surface area (Å²) in [5.74, 6) is 0.391. The molecule has 3 rings (SSSR count). The minimum absolute atomic E-state index is 0.111. The molecular formula is C21H22ClFN4OS. The van der Waals surface area contributed by atoms with Crippen molar-refractivity contribution in [2.45, 2.75) is 32.1 Å². The van der Waals surface area contributed by atoms with Gasteiger partial charge in [-0.2, -0.15) is 0 Å². The lowest BCUT2D eigenvalue weighted by molar-refractivity contribution is -0.127. The van der Waals surface area contributed by atoms with Crippen molar-refractivity contribution in [3.05, 3.63) is 64.4 Å². The number of thioether (sulfide) groups is 1. The van der Waals surface area contributed by atoms with E-state index in [2.05, 4.69) is 16.3 Å². The highest BCUT2D eigenvalue weighted by molar-refractivity contribution is 7.99. The first kappa shape index (κ1) is 21.3. The second kappa shape index (κ2) is 9.41. The summed E-state index contributed by atoms with van der Waals surface area (Å²) in [6.45, 7) is 4.84. The lowest BCUT2D eigenvalue weighted by Crippen LogP contribution is -2.28. The van der Waals surface area contributed by atoms with Gasteiger partial charge in [-0.15, -0.1) is 10.2 Å². The summed E-state index contributed by atoms with van der Waals surface area (Å²) in [6, 6.07) is 12.6. The van der Waals surface area contributed by atoms with Gasteiger partial charge in [0.2, 0.25) is 5.91 Å². The van der Waals surface area contributed by atoms with Crippen molar-refractivity contribution in [2.75, 3.05) is 12.8 Å². The third-order valence-electron chi connectivity index (χ3n) is 4.52. The lowest BCUT2D eigenvalue weighted by Gasteiger charge is -2.18. The van der Waals surface area contributed by atoms with E-state index in [1.807, 2.05) is 36.6 Å². The van der Waals surface area contributed by atoms with Crippen molar-refractivity contribution in [1.29, 1.82) is 0 Å². The number of hydrogen-bond donors (Lipinski definition) is 0. The van der Waals surface area contributed by atoms with Crippen molar-refractivity contribution in [1.82, 2.24) is 19.7 Å². The van der Waals surface area contributed by atoms with Crippen LogP contribution in [0.1, 0.15) is 18.1 Å². The number of benzene rings is 2.